The largest absolute Gasteiger partial charge is 0.496 e. The van der Waals surface area contributed by atoms with Gasteiger partial charge in [-0.1, -0.05) is 24.3 Å². The van der Waals surface area contributed by atoms with Crippen LogP contribution in [0.15, 0.2) is 66.7 Å². The van der Waals surface area contributed by atoms with Crippen molar-refractivity contribution in [2.24, 2.45) is 0 Å². The van der Waals surface area contributed by atoms with Crippen molar-refractivity contribution >= 4 is 17.8 Å². The fraction of sp³-hybridized carbons (Fsp3) is 0.125. The number of fused-ring (bicyclic) bond motifs is 3. The molecule has 0 unspecified atom stereocenters. The molecule has 1 atom stereocenters. The molecule has 2 aliphatic heterocycles. The Morgan fingerprint density at radius 1 is 1.07 bits per heavy atom. The molecule has 1 aromatic heterocycles. The van der Waals surface area contributed by atoms with Crippen LogP contribution in [-0.4, -0.2) is 23.8 Å². The first-order valence-corrected chi connectivity index (χ1v) is 9.50. The number of allylic oxidation sites excluding steroid dienone is 1. The fourth-order valence-corrected chi connectivity index (χ4v) is 3.90. The second-order valence-corrected chi connectivity index (χ2v) is 7.05. The summed E-state index contributed by atoms with van der Waals surface area (Å²) >= 11 is 0. The van der Waals surface area contributed by atoms with E-state index >= 15 is 0 Å². The third kappa shape index (κ3) is 2.93. The highest BCUT2D eigenvalue weighted by Gasteiger charge is 2.38. The third-order valence-corrected chi connectivity index (χ3v) is 5.29. The zero-order valence-electron chi connectivity index (χ0n) is 16.1. The SMILES string of the molecule is COc1ccccc1/C=C1\Oc2c(ccc3c2[C@@H](c2cccnc2)CC(=O)O3)C1=O. The number of nitrogens with zero attached hydrogens (tertiary/aromatic N) is 1. The van der Waals surface area contributed by atoms with Crippen LogP contribution < -0.4 is 14.2 Å². The number of carbonyl (C=O) groups excluding carboxylic acids is 2. The number of esters is 1. The summed E-state index contributed by atoms with van der Waals surface area (Å²) in [6, 6.07) is 14.4. The van der Waals surface area contributed by atoms with Gasteiger partial charge in [-0.15, -0.1) is 0 Å². The zero-order chi connectivity index (χ0) is 20.7. The molecule has 0 N–H and O–H groups in total. The van der Waals surface area contributed by atoms with Crippen molar-refractivity contribution < 1.29 is 23.8 Å². The molecule has 6 nitrogen and oxygen atoms in total. The van der Waals surface area contributed by atoms with Crippen molar-refractivity contribution in [1.82, 2.24) is 4.98 Å². The molecule has 3 heterocycles. The average Bonchev–Trinajstić information content (AvgIpc) is 3.09. The summed E-state index contributed by atoms with van der Waals surface area (Å²) in [5, 5.41) is 0. The Morgan fingerprint density at radius 3 is 2.73 bits per heavy atom. The van der Waals surface area contributed by atoms with Gasteiger partial charge in [0.1, 0.15) is 17.2 Å². The molecule has 0 saturated carbocycles. The summed E-state index contributed by atoms with van der Waals surface area (Å²) in [6.07, 6.45) is 5.21. The van der Waals surface area contributed by atoms with Crippen LogP contribution >= 0.6 is 0 Å². The summed E-state index contributed by atoms with van der Waals surface area (Å²) in [7, 11) is 1.58. The number of pyridine rings is 1. The third-order valence-electron chi connectivity index (χ3n) is 5.29. The maximum Gasteiger partial charge on any atom is 0.312 e. The van der Waals surface area contributed by atoms with Crippen LogP contribution in [0.2, 0.25) is 0 Å². The topological polar surface area (TPSA) is 74.7 Å². The lowest BCUT2D eigenvalue weighted by Crippen LogP contribution is -2.21. The van der Waals surface area contributed by atoms with Gasteiger partial charge in [-0.05, 0) is 35.9 Å². The molecule has 2 aliphatic rings. The lowest BCUT2D eigenvalue weighted by molar-refractivity contribution is -0.135. The summed E-state index contributed by atoms with van der Waals surface area (Å²) < 4.78 is 16.9. The summed E-state index contributed by atoms with van der Waals surface area (Å²) in [4.78, 5) is 29.4. The molecular formula is C24H17NO5. The van der Waals surface area contributed by atoms with Gasteiger partial charge >= 0.3 is 5.97 Å². The van der Waals surface area contributed by atoms with Gasteiger partial charge in [-0.25, -0.2) is 0 Å². The van der Waals surface area contributed by atoms with Crippen LogP contribution in [0.5, 0.6) is 17.2 Å². The zero-order valence-corrected chi connectivity index (χ0v) is 16.1. The average molecular weight is 399 g/mol. The molecule has 0 radical (unpaired) electrons. The van der Waals surface area contributed by atoms with Crippen LogP contribution in [0.1, 0.15) is 39.4 Å². The highest BCUT2D eigenvalue weighted by Crippen LogP contribution is 2.48. The van der Waals surface area contributed by atoms with E-state index in [2.05, 4.69) is 4.98 Å². The standard InChI is InChI=1S/C24H17NO5/c1-28-18-7-3-2-5-14(18)11-20-23(27)16-8-9-19-22(24(16)30-20)17(12-21(26)29-19)15-6-4-10-25-13-15/h2-11,13,17H,12H2,1H3/b20-11-/t17-/m1/s1. The Balaban J connectivity index is 1.62. The van der Waals surface area contributed by atoms with Crippen molar-refractivity contribution in [2.75, 3.05) is 7.11 Å². The molecule has 0 aliphatic carbocycles. The number of ether oxygens (including phenoxy) is 3. The highest BCUT2D eigenvalue weighted by molar-refractivity contribution is 6.15. The molecule has 6 heteroatoms. The van der Waals surface area contributed by atoms with Gasteiger partial charge in [0.15, 0.2) is 5.76 Å². The van der Waals surface area contributed by atoms with Crippen molar-refractivity contribution in [3.8, 4) is 17.2 Å². The highest BCUT2D eigenvalue weighted by atomic mass is 16.5. The predicted molar refractivity (Wildman–Crippen MR) is 109 cm³/mol. The van der Waals surface area contributed by atoms with E-state index in [0.29, 0.717) is 28.4 Å². The number of hydrogen-bond acceptors (Lipinski definition) is 6. The van der Waals surface area contributed by atoms with Crippen LogP contribution in [-0.2, 0) is 4.79 Å². The number of methoxy groups -OCH3 is 1. The molecule has 3 aromatic rings. The van der Waals surface area contributed by atoms with Crippen molar-refractivity contribution in [3.05, 3.63) is 88.9 Å². The molecule has 148 valence electrons. The molecule has 0 saturated heterocycles. The Labute approximate surface area is 172 Å². The maximum atomic E-state index is 13.0. The smallest absolute Gasteiger partial charge is 0.312 e. The summed E-state index contributed by atoms with van der Waals surface area (Å²) in [5.41, 5.74) is 2.74. The Hall–Kier alpha value is -3.93. The van der Waals surface area contributed by atoms with E-state index in [1.807, 2.05) is 36.4 Å². The van der Waals surface area contributed by atoms with Gasteiger partial charge in [0.05, 0.1) is 19.1 Å². The number of ketones is 1. The van der Waals surface area contributed by atoms with Gasteiger partial charge in [0.2, 0.25) is 5.78 Å². The fourth-order valence-electron chi connectivity index (χ4n) is 3.90. The molecule has 0 bridgehead atoms. The van der Waals surface area contributed by atoms with Crippen molar-refractivity contribution in [3.63, 3.8) is 0 Å². The lowest BCUT2D eigenvalue weighted by atomic mass is 9.85. The number of aromatic nitrogens is 1. The predicted octanol–water partition coefficient (Wildman–Crippen LogP) is 4.15. The normalized spacial score (nSPS) is 18.4. The quantitative estimate of drug-likeness (QED) is 0.374. The summed E-state index contributed by atoms with van der Waals surface area (Å²) in [5.74, 6) is 0.825. The van der Waals surface area contributed by atoms with Gasteiger partial charge < -0.3 is 14.2 Å². The monoisotopic (exact) mass is 399 g/mol. The first-order chi connectivity index (χ1) is 14.7. The molecule has 0 spiro atoms. The lowest BCUT2D eigenvalue weighted by Gasteiger charge is -2.26. The molecule has 5 rings (SSSR count). The Bertz CT molecular complexity index is 1200. The van der Waals surface area contributed by atoms with Gasteiger partial charge in [0, 0.05) is 29.4 Å². The van der Waals surface area contributed by atoms with Gasteiger partial charge in [-0.3, -0.25) is 14.6 Å². The van der Waals surface area contributed by atoms with E-state index in [-0.39, 0.29) is 29.9 Å². The van der Waals surface area contributed by atoms with Crippen LogP contribution in [0, 0.1) is 0 Å². The maximum absolute atomic E-state index is 13.0. The van der Waals surface area contributed by atoms with Gasteiger partial charge in [0.25, 0.3) is 0 Å². The van der Waals surface area contributed by atoms with E-state index < -0.39 is 0 Å². The van der Waals surface area contributed by atoms with Crippen molar-refractivity contribution in [1.29, 1.82) is 0 Å². The minimum absolute atomic E-state index is 0.151. The second-order valence-electron chi connectivity index (χ2n) is 7.05. The molecule has 0 amide bonds. The van der Waals surface area contributed by atoms with E-state index in [4.69, 9.17) is 14.2 Å². The molecule has 2 aromatic carbocycles. The van der Waals surface area contributed by atoms with E-state index in [1.54, 1.807) is 37.7 Å². The number of para-hydroxylation sites is 1. The van der Waals surface area contributed by atoms with Crippen LogP contribution in [0.4, 0.5) is 0 Å². The van der Waals surface area contributed by atoms with Crippen LogP contribution in [0.25, 0.3) is 6.08 Å². The minimum Gasteiger partial charge on any atom is -0.496 e. The first kappa shape index (κ1) is 18.1. The van der Waals surface area contributed by atoms with E-state index in [9.17, 15) is 9.59 Å². The molecular weight excluding hydrogens is 382 g/mol. The first-order valence-electron chi connectivity index (χ1n) is 9.50. The van der Waals surface area contributed by atoms with E-state index in [1.165, 1.54) is 0 Å². The number of rotatable bonds is 3. The van der Waals surface area contributed by atoms with Gasteiger partial charge in [-0.2, -0.15) is 0 Å². The minimum atomic E-state index is -0.328. The second kappa shape index (κ2) is 7.15. The number of Topliss-reactive ketones (excluding diaryl/α,β-unsaturated/α-hetero) is 1. The van der Waals surface area contributed by atoms with E-state index in [0.717, 1.165) is 11.1 Å². The van der Waals surface area contributed by atoms with Crippen LogP contribution in [0.3, 0.4) is 0 Å². The number of hydrogen-bond donors (Lipinski definition) is 0. The Kier molecular flexibility index (Phi) is 4.32. The molecule has 0 fully saturated rings. The number of benzene rings is 2. The summed E-state index contributed by atoms with van der Waals surface area (Å²) in [6.45, 7) is 0. The van der Waals surface area contributed by atoms with Crippen molar-refractivity contribution in [2.45, 2.75) is 12.3 Å². The Morgan fingerprint density at radius 2 is 1.93 bits per heavy atom. The number of carbonyl (C=O) groups is 2. The molecule has 30 heavy (non-hydrogen) atoms.